The second kappa shape index (κ2) is 32.3. The number of methoxy groups -OCH3 is 2. The van der Waals surface area contributed by atoms with E-state index in [1.807, 2.05) is 79.7 Å². The first-order chi connectivity index (χ1) is 42.6. The van der Waals surface area contributed by atoms with Crippen LogP contribution in [0.15, 0.2) is 0 Å². The van der Waals surface area contributed by atoms with Crippen molar-refractivity contribution in [1.82, 2.24) is 39.2 Å². The molecule has 7 aliphatic rings. The topological polar surface area (TPSA) is 208 Å². The van der Waals surface area contributed by atoms with Gasteiger partial charge in [-0.25, -0.2) is 0 Å². The molecule has 0 radical (unpaired) electrons. The van der Waals surface area contributed by atoms with Crippen molar-refractivity contribution in [3.63, 3.8) is 0 Å². The van der Waals surface area contributed by atoms with Crippen LogP contribution in [0.3, 0.4) is 0 Å². The third-order valence-electron chi connectivity index (χ3n) is 22.3. The number of hydrogen-bond donors (Lipinski definition) is 2. The smallest absolute Gasteiger partial charge is 0.319 e. The Labute approximate surface area is 548 Å². The minimum absolute atomic E-state index is 0.0182. The van der Waals surface area contributed by atoms with Gasteiger partial charge in [-0.2, -0.15) is 0 Å². The average molecular weight is 1290 g/mol. The zero-order valence-electron chi connectivity index (χ0n) is 60.0. The Hall–Kier alpha value is -2.36. The lowest BCUT2D eigenvalue weighted by Crippen LogP contribution is -2.60. The number of rotatable bonds is 18. The molecule has 0 unspecified atom stereocenters. The maximum Gasteiger partial charge on any atom is 0.319 e. The normalized spacial score (nSPS) is 40.6. The number of esters is 2. The van der Waals surface area contributed by atoms with Crippen LogP contribution in [-0.2, 0) is 57.1 Å². The number of cyclic esters (lactones) is 2. The number of ketones is 2. The molecular formula is C69H126N8O14. The number of carbonyl (C=O) groups is 4. The number of piperazine rings is 2. The highest BCUT2D eigenvalue weighted by Gasteiger charge is 2.56. The van der Waals surface area contributed by atoms with E-state index in [-0.39, 0.29) is 80.0 Å². The van der Waals surface area contributed by atoms with Crippen LogP contribution in [0, 0.1) is 40.4 Å². The van der Waals surface area contributed by atoms with Gasteiger partial charge in [0.15, 0.2) is 24.1 Å². The van der Waals surface area contributed by atoms with Crippen LogP contribution >= 0.6 is 0 Å². The van der Waals surface area contributed by atoms with Crippen LogP contribution in [0.1, 0.15) is 134 Å². The van der Waals surface area contributed by atoms with Gasteiger partial charge in [0.2, 0.25) is 0 Å². The Bertz CT molecular complexity index is 2340. The molecule has 0 spiro atoms. The first kappa shape index (κ1) is 76.0. The summed E-state index contributed by atoms with van der Waals surface area (Å²) in [5, 5.41) is 24.1. The highest BCUT2D eigenvalue weighted by atomic mass is 16.7. The van der Waals surface area contributed by atoms with E-state index in [1.54, 1.807) is 41.9 Å². The first-order valence-corrected chi connectivity index (χ1v) is 34.8. The van der Waals surface area contributed by atoms with E-state index in [2.05, 4.69) is 57.2 Å². The Morgan fingerprint density at radius 1 is 0.604 bits per heavy atom. The molecule has 19 atom stereocenters. The van der Waals surface area contributed by atoms with E-state index in [0.29, 0.717) is 63.8 Å². The zero-order chi connectivity index (χ0) is 67.2. The van der Waals surface area contributed by atoms with Gasteiger partial charge in [0.25, 0.3) is 0 Å². The number of Topliss-reactive ketones (excluding diaryl/α,β-unsaturated/α-hetero) is 2. The van der Waals surface area contributed by atoms with Crippen molar-refractivity contribution in [2.24, 2.45) is 40.4 Å². The molecule has 91 heavy (non-hydrogen) atoms. The summed E-state index contributed by atoms with van der Waals surface area (Å²) in [5.41, 5.74) is -5.80. The standard InChI is InChI=1S/C69H126N8O14/c1-44(2)37-74-25-27-75(28-26-74)41-53-42-86-64(82)66(8,9)58(80)48(6)60(90-62-56(78)54(70(13)14)33-46(4)88-62)69(12,85-20)36-50(39-73(53)18)23-24-67(10)59(81)49(7)61(91-63-57(79)55(71(15)16)34-47(5)89-63)68(11,84-19)35-45(3)38-72(17)52(43-87-65(67)83)40-76-29-31-77(32-30-76)51-21-22-51/h44-57,60-63,78-79H,21-43H2,1-20H3/t45-,46-,47-,48+,49+,50-,52-,53-,54+,55+,56-,57-,60-,61-,62+,63+,67+,68-,69-/m1/s1. The Morgan fingerprint density at radius 3 is 1.51 bits per heavy atom. The van der Waals surface area contributed by atoms with Gasteiger partial charge in [-0.15, -0.1) is 0 Å². The average Bonchev–Trinajstić information content (AvgIpc) is 1.10. The lowest BCUT2D eigenvalue weighted by molar-refractivity contribution is -0.296. The number of hydrogen-bond acceptors (Lipinski definition) is 22. The molecule has 526 valence electrons. The van der Waals surface area contributed by atoms with E-state index < -0.39 is 88.6 Å². The maximum atomic E-state index is 16.4. The molecule has 0 bridgehead atoms. The second-order valence-electron chi connectivity index (χ2n) is 31.4. The number of nitrogens with zero attached hydrogens (tertiary/aromatic N) is 8. The van der Waals surface area contributed by atoms with Crippen LogP contribution in [0.25, 0.3) is 0 Å². The summed E-state index contributed by atoms with van der Waals surface area (Å²) in [7, 11) is 15.0. The van der Waals surface area contributed by atoms with Gasteiger partial charge in [0.05, 0.1) is 47.7 Å². The van der Waals surface area contributed by atoms with Gasteiger partial charge in [-0.1, -0.05) is 34.6 Å². The Kier molecular flexibility index (Phi) is 27.0. The van der Waals surface area contributed by atoms with Crippen LogP contribution in [-0.4, -0.2) is 318 Å². The molecule has 22 heteroatoms. The third-order valence-corrected chi connectivity index (χ3v) is 22.3. The summed E-state index contributed by atoms with van der Waals surface area (Å²) in [6.07, 6.45) is -2.40. The monoisotopic (exact) mass is 1290 g/mol. The van der Waals surface area contributed by atoms with Gasteiger partial charge in [0.1, 0.15) is 36.3 Å². The van der Waals surface area contributed by atoms with Crippen molar-refractivity contribution in [2.45, 2.75) is 225 Å². The highest BCUT2D eigenvalue weighted by molar-refractivity contribution is 6.05. The minimum Gasteiger partial charge on any atom is -0.463 e. The van der Waals surface area contributed by atoms with Crippen molar-refractivity contribution >= 4 is 23.5 Å². The van der Waals surface area contributed by atoms with E-state index in [4.69, 9.17) is 37.9 Å². The van der Waals surface area contributed by atoms with Crippen LogP contribution < -0.4 is 0 Å². The molecule has 7 fully saturated rings. The minimum atomic E-state index is -1.77. The molecule has 6 heterocycles. The van der Waals surface area contributed by atoms with E-state index in [0.717, 1.165) is 58.9 Å². The van der Waals surface area contributed by atoms with Gasteiger partial charge < -0.3 is 62.8 Å². The zero-order valence-corrected chi connectivity index (χ0v) is 60.0. The van der Waals surface area contributed by atoms with Crippen molar-refractivity contribution in [1.29, 1.82) is 0 Å². The fraction of sp³-hybridized carbons (Fsp3) is 0.942. The van der Waals surface area contributed by atoms with Crippen molar-refractivity contribution in [3.8, 4) is 0 Å². The molecule has 6 saturated heterocycles. The van der Waals surface area contributed by atoms with Gasteiger partial charge >= 0.3 is 11.9 Å². The van der Waals surface area contributed by atoms with Crippen molar-refractivity contribution in [3.05, 3.63) is 0 Å². The Morgan fingerprint density at radius 2 is 1.04 bits per heavy atom. The van der Waals surface area contributed by atoms with Crippen molar-refractivity contribution in [2.75, 3.05) is 155 Å². The second-order valence-corrected chi connectivity index (χ2v) is 31.4. The summed E-state index contributed by atoms with van der Waals surface area (Å²) in [6, 6.07) is -0.449. The Balaban J connectivity index is 1.31. The molecule has 0 aromatic carbocycles. The van der Waals surface area contributed by atoms with Crippen LogP contribution in [0.4, 0.5) is 0 Å². The quantitative estimate of drug-likeness (QED) is 0.144. The fourth-order valence-electron chi connectivity index (χ4n) is 16.2. The molecule has 1 saturated carbocycles. The van der Waals surface area contributed by atoms with E-state index in [1.165, 1.54) is 12.8 Å². The lowest BCUT2D eigenvalue weighted by Gasteiger charge is -2.47. The van der Waals surface area contributed by atoms with Crippen LogP contribution in [0.5, 0.6) is 0 Å². The van der Waals surface area contributed by atoms with Gasteiger partial charge in [-0.3, -0.25) is 43.7 Å². The highest BCUT2D eigenvalue weighted by Crippen LogP contribution is 2.44. The number of aliphatic hydroxyl groups excluding tert-OH is 2. The molecule has 2 N–H and O–H groups in total. The first-order valence-electron chi connectivity index (χ1n) is 34.8. The largest absolute Gasteiger partial charge is 0.463 e. The maximum absolute atomic E-state index is 16.4. The molecule has 7 rings (SSSR count). The van der Waals surface area contributed by atoms with Crippen LogP contribution in [0.2, 0.25) is 0 Å². The predicted molar refractivity (Wildman–Crippen MR) is 350 cm³/mol. The summed E-state index contributed by atoms with van der Waals surface area (Å²) >= 11 is 0. The number of carbonyl (C=O) groups excluding carboxylic acids is 4. The summed E-state index contributed by atoms with van der Waals surface area (Å²) in [6.45, 7) is 33.7. The molecule has 6 aliphatic heterocycles. The summed E-state index contributed by atoms with van der Waals surface area (Å²) < 4.78 is 53.3. The van der Waals surface area contributed by atoms with E-state index in [9.17, 15) is 15.0 Å². The van der Waals surface area contributed by atoms with Gasteiger partial charge in [-0.05, 0) is 160 Å². The van der Waals surface area contributed by atoms with Crippen molar-refractivity contribution < 1.29 is 67.3 Å². The van der Waals surface area contributed by atoms with Gasteiger partial charge in [0, 0.05) is 129 Å². The number of aliphatic hydroxyl groups is 2. The third kappa shape index (κ3) is 18.9. The van der Waals surface area contributed by atoms with E-state index >= 15 is 14.4 Å². The predicted octanol–water partition coefficient (Wildman–Crippen LogP) is 4.44. The number of ether oxygens (including phenoxy) is 8. The SMILES string of the molecule is CO[C@]1(C)C[C@@H](CC[C@]2(C)C(=O)OC[C@@H](CN3CCN(C4CC4)CC3)N(C)C[C@H](C)C[C@@](C)(OC)[C@H](O[C@@H]3O[C@H](C)C[C@H](N(C)C)[C@H]3O)[C@@H](C)C2=O)CN(C)[C@H](CN2CCN(CC(C)C)CC2)COC(=O)C(C)(C)C(=O)[C@H](C)[C@H]1O[C@@H]1O[C@H](C)C[C@H](N(C)C)[C@H]1O. The fourth-order valence-corrected chi connectivity index (χ4v) is 16.2. The number of likely N-dealkylation sites (N-methyl/N-ethyl adjacent to an activating group) is 4. The molecular weight excluding hydrogens is 1160 g/mol. The lowest BCUT2D eigenvalue weighted by atomic mass is 9.69. The molecule has 0 amide bonds. The summed E-state index contributed by atoms with van der Waals surface area (Å²) in [5.74, 6) is -3.88. The molecule has 0 aromatic heterocycles. The summed E-state index contributed by atoms with van der Waals surface area (Å²) in [4.78, 5) is 80.5. The molecule has 22 nitrogen and oxygen atoms in total. The molecule has 1 aliphatic carbocycles. The molecule has 0 aromatic rings.